The molecule has 7 rings (SSSR count). The number of rotatable bonds is 16. The van der Waals surface area contributed by atoms with Crippen LogP contribution in [0.25, 0.3) is 6.08 Å². The number of hydrogen-bond donors (Lipinski definition) is 4. The van der Waals surface area contributed by atoms with Crippen molar-refractivity contribution >= 4 is 41.3 Å². The average Bonchev–Trinajstić information content (AvgIpc) is 3.90. The second-order valence-corrected chi connectivity index (χ2v) is 16.8. The van der Waals surface area contributed by atoms with E-state index in [1.165, 1.54) is 6.08 Å². The van der Waals surface area contributed by atoms with Crippen LogP contribution in [0.2, 0.25) is 0 Å². The molecule has 1 aromatic heterocycles. The molecular weight excluding hydrogens is 774 g/mol. The standard InChI is InChI=1S/C48H56FN7O5/c1-3-7-34(36-14-15-37(43-40(36)29-53-47(43)60)38-16-18-42(58)54-46(38)59)9-6-10-35-12-13-39(44(49)45(35)55-24-21-50-22-25-55)48(61)56-23-19-32(30-56)8-4-5-20-52-41(57)17-11-33-26-31(2)27-51-28-33/h1,11-15,17,26-28,32,34,38,50H,4-10,16,18-25,29-30H2,2H3,(H,52,57)(H,53,60)(H,54,58,59)/b17-11+. The molecular formula is C48H56FN7O5. The van der Waals surface area contributed by atoms with Gasteiger partial charge in [0.1, 0.15) is 0 Å². The van der Waals surface area contributed by atoms with Gasteiger partial charge in [-0.2, -0.15) is 0 Å². The van der Waals surface area contributed by atoms with Gasteiger partial charge in [0.05, 0.1) is 17.2 Å². The van der Waals surface area contributed by atoms with Crippen LogP contribution in [0.5, 0.6) is 0 Å². The first-order valence-electron chi connectivity index (χ1n) is 21.8. The van der Waals surface area contributed by atoms with Crippen molar-refractivity contribution in [3.63, 3.8) is 0 Å². The zero-order valence-electron chi connectivity index (χ0n) is 35.0. The zero-order valence-corrected chi connectivity index (χ0v) is 35.0. The molecule has 5 amide bonds. The number of carbonyl (C=O) groups excluding carboxylic acids is 5. The lowest BCUT2D eigenvalue weighted by molar-refractivity contribution is -0.134. The summed E-state index contributed by atoms with van der Waals surface area (Å²) in [7, 11) is 0. The lowest BCUT2D eigenvalue weighted by Gasteiger charge is -2.32. The van der Waals surface area contributed by atoms with Crippen LogP contribution >= 0.6 is 0 Å². The van der Waals surface area contributed by atoms with E-state index in [1.807, 2.05) is 31.2 Å². The number of anilines is 1. The van der Waals surface area contributed by atoms with Gasteiger partial charge in [0.25, 0.3) is 11.8 Å². The summed E-state index contributed by atoms with van der Waals surface area (Å²) in [5.74, 6) is 0.677. The number of likely N-dealkylation sites (tertiary alicyclic amines) is 1. The molecule has 3 unspecified atom stereocenters. The normalized spacial score (nSPS) is 19.4. The van der Waals surface area contributed by atoms with Gasteiger partial charge >= 0.3 is 0 Å². The Hall–Kier alpha value is -5.87. The fourth-order valence-electron chi connectivity index (χ4n) is 9.40. The number of benzene rings is 2. The SMILES string of the molecule is C#CCC(CCCc1ccc(C(=O)N2CCC(CCCCNC(=O)/C=C/c3cncc(C)c3)C2)c(F)c1N1CCNCC1)c1ccc(C2CCC(=O)NC2=O)c2c1CNC2=O. The molecule has 3 saturated heterocycles. The van der Waals surface area contributed by atoms with Crippen LogP contribution in [0.1, 0.15) is 124 Å². The smallest absolute Gasteiger partial charge is 0.256 e. The Morgan fingerprint density at radius 1 is 1.07 bits per heavy atom. The average molecular weight is 830 g/mol. The molecule has 0 aliphatic carbocycles. The topological polar surface area (TPSA) is 153 Å². The Kier molecular flexibility index (Phi) is 14.3. The zero-order chi connectivity index (χ0) is 42.9. The number of amides is 5. The molecule has 4 aliphatic heterocycles. The van der Waals surface area contributed by atoms with E-state index in [0.29, 0.717) is 107 Å². The highest BCUT2D eigenvalue weighted by Crippen LogP contribution is 2.39. The summed E-state index contributed by atoms with van der Waals surface area (Å²) in [6.07, 6.45) is 19.2. The molecule has 320 valence electrons. The second kappa shape index (κ2) is 20.1. The first-order valence-corrected chi connectivity index (χ1v) is 21.8. The van der Waals surface area contributed by atoms with Crippen molar-refractivity contribution in [2.75, 3.05) is 50.7 Å². The molecule has 13 heteroatoms. The minimum Gasteiger partial charge on any atom is -0.366 e. The van der Waals surface area contributed by atoms with Gasteiger partial charge in [-0.25, -0.2) is 4.39 Å². The van der Waals surface area contributed by atoms with Gasteiger partial charge < -0.3 is 25.8 Å². The van der Waals surface area contributed by atoms with E-state index in [9.17, 15) is 24.0 Å². The summed E-state index contributed by atoms with van der Waals surface area (Å²) in [6, 6.07) is 9.34. The Bertz CT molecular complexity index is 2230. The number of unbranched alkanes of at least 4 members (excludes halogenated alkanes) is 1. The summed E-state index contributed by atoms with van der Waals surface area (Å²) in [6.45, 7) is 6.71. The number of carbonyl (C=O) groups is 5. The van der Waals surface area contributed by atoms with Crippen molar-refractivity contribution < 1.29 is 28.4 Å². The molecule has 3 fully saturated rings. The maximum absolute atomic E-state index is 16.8. The van der Waals surface area contributed by atoms with Gasteiger partial charge in [0.15, 0.2) is 5.82 Å². The highest BCUT2D eigenvalue weighted by molar-refractivity contribution is 6.05. The predicted octanol–water partition coefficient (Wildman–Crippen LogP) is 5.29. The van der Waals surface area contributed by atoms with E-state index in [2.05, 4.69) is 37.1 Å². The van der Waals surface area contributed by atoms with Crippen LogP contribution in [-0.2, 0) is 27.3 Å². The van der Waals surface area contributed by atoms with Crippen LogP contribution in [0.15, 0.2) is 48.8 Å². The molecule has 3 aromatic rings. The number of nitrogens with one attached hydrogen (secondary N) is 4. The number of piperidine rings is 1. The highest BCUT2D eigenvalue weighted by Gasteiger charge is 2.36. The number of aromatic nitrogens is 1. The second-order valence-electron chi connectivity index (χ2n) is 16.8. The Morgan fingerprint density at radius 2 is 1.90 bits per heavy atom. The first kappa shape index (κ1) is 43.2. The predicted molar refractivity (Wildman–Crippen MR) is 232 cm³/mol. The number of pyridine rings is 1. The minimum atomic E-state index is -0.579. The lowest BCUT2D eigenvalue weighted by atomic mass is 9.80. The van der Waals surface area contributed by atoms with Gasteiger partial charge in [-0.05, 0) is 115 Å². The first-order chi connectivity index (χ1) is 29.6. The molecule has 12 nitrogen and oxygen atoms in total. The molecule has 0 bridgehead atoms. The Balaban J connectivity index is 0.967. The van der Waals surface area contributed by atoms with Crippen LogP contribution in [0.4, 0.5) is 10.1 Å². The number of imide groups is 1. The van der Waals surface area contributed by atoms with E-state index in [-0.39, 0.29) is 47.4 Å². The van der Waals surface area contributed by atoms with E-state index in [1.54, 1.807) is 29.4 Å². The quantitative estimate of drug-likeness (QED) is 0.0658. The lowest BCUT2D eigenvalue weighted by Crippen LogP contribution is -2.44. The number of nitrogens with zero attached hydrogens (tertiary/aromatic N) is 3. The molecule has 4 aliphatic rings. The maximum Gasteiger partial charge on any atom is 0.256 e. The monoisotopic (exact) mass is 829 g/mol. The van der Waals surface area contributed by atoms with Crippen molar-refractivity contribution in [3.05, 3.63) is 99.1 Å². The minimum absolute atomic E-state index is 0.0677. The third kappa shape index (κ3) is 10.4. The van der Waals surface area contributed by atoms with Gasteiger partial charge in [0.2, 0.25) is 17.7 Å². The van der Waals surface area contributed by atoms with E-state index in [0.717, 1.165) is 53.5 Å². The van der Waals surface area contributed by atoms with E-state index in [4.69, 9.17) is 6.42 Å². The fraction of sp³-hybridized carbons (Fsp3) is 0.458. The molecule has 0 saturated carbocycles. The number of hydrogen-bond acceptors (Lipinski definition) is 8. The van der Waals surface area contributed by atoms with Crippen LogP contribution < -0.4 is 26.2 Å². The number of halogens is 1. The van der Waals surface area contributed by atoms with Gasteiger partial charge in [-0.3, -0.25) is 34.3 Å². The molecule has 2 aromatic carbocycles. The third-order valence-electron chi connectivity index (χ3n) is 12.5. The fourth-order valence-corrected chi connectivity index (χ4v) is 9.40. The third-order valence-corrected chi connectivity index (χ3v) is 12.5. The molecule has 0 radical (unpaired) electrons. The summed E-state index contributed by atoms with van der Waals surface area (Å²) in [5, 5.41) is 11.6. The van der Waals surface area contributed by atoms with Crippen LogP contribution in [0, 0.1) is 31.0 Å². The number of piperazine rings is 1. The van der Waals surface area contributed by atoms with E-state index >= 15 is 4.39 Å². The van der Waals surface area contributed by atoms with Crippen molar-refractivity contribution in [1.29, 1.82) is 0 Å². The molecule has 5 heterocycles. The summed E-state index contributed by atoms with van der Waals surface area (Å²) in [4.78, 5) is 71.9. The Morgan fingerprint density at radius 3 is 2.69 bits per heavy atom. The van der Waals surface area contributed by atoms with E-state index < -0.39 is 11.7 Å². The number of fused-ring (bicyclic) bond motifs is 1. The molecule has 4 N–H and O–H groups in total. The molecule has 0 spiro atoms. The van der Waals surface area contributed by atoms with Crippen molar-refractivity contribution in [3.8, 4) is 12.3 Å². The summed E-state index contributed by atoms with van der Waals surface area (Å²) in [5.41, 5.74) is 6.30. The number of terminal acetylenes is 1. The highest BCUT2D eigenvalue weighted by atomic mass is 19.1. The summed E-state index contributed by atoms with van der Waals surface area (Å²) >= 11 is 0. The van der Waals surface area contributed by atoms with Crippen molar-refractivity contribution in [2.45, 2.75) is 89.5 Å². The van der Waals surface area contributed by atoms with Crippen LogP contribution in [-0.4, -0.2) is 85.2 Å². The van der Waals surface area contributed by atoms with Gasteiger partial charge in [-0.1, -0.05) is 24.6 Å². The van der Waals surface area contributed by atoms with Crippen LogP contribution in [0.3, 0.4) is 0 Å². The maximum atomic E-state index is 16.8. The van der Waals surface area contributed by atoms with Gasteiger partial charge in [-0.15, -0.1) is 12.3 Å². The number of aryl methyl sites for hydroxylation is 2. The largest absolute Gasteiger partial charge is 0.366 e. The van der Waals surface area contributed by atoms with Crippen molar-refractivity contribution in [2.24, 2.45) is 5.92 Å². The van der Waals surface area contributed by atoms with Gasteiger partial charge in [0, 0.05) is 89.2 Å². The Labute approximate surface area is 357 Å². The molecule has 3 atom stereocenters. The summed E-state index contributed by atoms with van der Waals surface area (Å²) < 4.78 is 16.8. The van der Waals surface area contributed by atoms with Crippen molar-refractivity contribution in [1.82, 2.24) is 31.2 Å². The molecule has 61 heavy (non-hydrogen) atoms.